The van der Waals surface area contributed by atoms with Crippen molar-refractivity contribution in [1.29, 1.82) is 0 Å². The molecule has 2 heterocycles. The standard InChI is InChI=1S/C20H15N3O4S/c1-25-15-9-5-8-14(10-15)18-22-17(27-23-18)11-26-20(24)16-12-28-19(21-16)13-6-3-2-4-7-13/h2-10,12H,11H2,1H3. The van der Waals surface area contributed by atoms with Crippen LogP contribution in [-0.2, 0) is 11.3 Å². The summed E-state index contributed by atoms with van der Waals surface area (Å²) in [6, 6.07) is 16.9. The van der Waals surface area contributed by atoms with Crippen LogP contribution in [0.25, 0.3) is 22.0 Å². The second kappa shape index (κ2) is 8.01. The van der Waals surface area contributed by atoms with Gasteiger partial charge in [0.15, 0.2) is 12.3 Å². The Bertz CT molecular complexity index is 1090. The normalized spacial score (nSPS) is 10.6. The summed E-state index contributed by atoms with van der Waals surface area (Å²) in [5.41, 5.74) is 1.94. The molecule has 0 aliphatic rings. The molecule has 0 fully saturated rings. The average Bonchev–Trinajstić information content (AvgIpc) is 3.43. The minimum absolute atomic E-state index is 0.131. The van der Waals surface area contributed by atoms with Crippen molar-refractivity contribution >= 4 is 17.3 Å². The highest BCUT2D eigenvalue weighted by atomic mass is 32.1. The van der Waals surface area contributed by atoms with E-state index in [-0.39, 0.29) is 18.2 Å². The Balaban J connectivity index is 1.40. The highest BCUT2D eigenvalue weighted by molar-refractivity contribution is 7.13. The van der Waals surface area contributed by atoms with Gasteiger partial charge in [0.05, 0.1) is 7.11 Å². The minimum Gasteiger partial charge on any atom is -0.497 e. The Morgan fingerprint density at radius 3 is 2.71 bits per heavy atom. The van der Waals surface area contributed by atoms with E-state index >= 15 is 0 Å². The summed E-state index contributed by atoms with van der Waals surface area (Å²) in [4.78, 5) is 20.8. The van der Waals surface area contributed by atoms with Crippen LogP contribution in [0.5, 0.6) is 5.75 Å². The lowest BCUT2D eigenvalue weighted by Gasteiger charge is -2.00. The van der Waals surface area contributed by atoms with Crippen molar-refractivity contribution in [3.63, 3.8) is 0 Å². The molecular formula is C20H15N3O4S. The molecule has 0 amide bonds. The zero-order valence-corrected chi connectivity index (χ0v) is 15.7. The van der Waals surface area contributed by atoms with Crippen molar-refractivity contribution in [2.75, 3.05) is 7.11 Å². The van der Waals surface area contributed by atoms with Gasteiger partial charge in [-0.15, -0.1) is 11.3 Å². The number of aromatic nitrogens is 3. The number of hydrogen-bond donors (Lipinski definition) is 0. The fraction of sp³-hybridized carbons (Fsp3) is 0.100. The highest BCUT2D eigenvalue weighted by Crippen LogP contribution is 2.24. The third kappa shape index (κ3) is 3.91. The summed E-state index contributed by atoms with van der Waals surface area (Å²) in [5.74, 6) is 0.738. The maximum absolute atomic E-state index is 12.2. The number of carbonyl (C=O) groups is 1. The summed E-state index contributed by atoms with van der Waals surface area (Å²) < 4.78 is 15.6. The predicted octanol–water partition coefficient (Wildman–Crippen LogP) is 4.23. The molecule has 0 saturated carbocycles. The van der Waals surface area contributed by atoms with E-state index in [1.165, 1.54) is 11.3 Å². The van der Waals surface area contributed by atoms with Crippen LogP contribution in [0.1, 0.15) is 16.4 Å². The van der Waals surface area contributed by atoms with Crippen LogP contribution in [0.15, 0.2) is 64.5 Å². The molecule has 4 rings (SSSR count). The van der Waals surface area contributed by atoms with E-state index in [9.17, 15) is 4.79 Å². The Labute approximate surface area is 164 Å². The largest absolute Gasteiger partial charge is 0.497 e. The van der Waals surface area contributed by atoms with E-state index in [1.807, 2.05) is 48.5 Å². The van der Waals surface area contributed by atoms with Crippen LogP contribution >= 0.6 is 11.3 Å². The molecule has 2 aromatic heterocycles. The average molecular weight is 393 g/mol. The van der Waals surface area contributed by atoms with Gasteiger partial charge in [-0.1, -0.05) is 47.6 Å². The Morgan fingerprint density at radius 2 is 1.89 bits per heavy atom. The molecule has 28 heavy (non-hydrogen) atoms. The van der Waals surface area contributed by atoms with Crippen LogP contribution in [-0.4, -0.2) is 28.2 Å². The van der Waals surface area contributed by atoms with E-state index in [0.717, 1.165) is 16.1 Å². The van der Waals surface area contributed by atoms with Gasteiger partial charge in [-0.25, -0.2) is 9.78 Å². The van der Waals surface area contributed by atoms with Gasteiger partial charge in [0.1, 0.15) is 10.8 Å². The molecule has 2 aromatic carbocycles. The fourth-order valence-electron chi connectivity index (χ4n) is 2.47. The second-order valence-corrected chi connectivity index (χ2v) is 6.58. The van der Waals surface area contributed by atoms with Gasteiger partial charge < -0.3 is 14.0 Å². The van der Waals surface area contributed by atoms with Gasteiger partial charge in [-0.3, -0.25) is 0 Å². The monoisotopic (exact) mass is 393 g/mol. The Morgan fingerprint density at radius 1 is 1.07 bits per heavy atom. The minimum atomic E-state index is -0.542. The SMILES string of the molecule is COc1cccc(-c2noc(COC(=O)c3csc(-c4ccccc4)n3)n2)c1. The number of methoxy groups -OCH3 is 1. The third-order valence-electron chi connectivity index (χ3n) is 3.86. The molecule has 7 nitrogen and oxygen atoms in total. The van der Waals surface area contributed by atoms with Crippen LogP contribution in [0.3, 0.4) is 0 Å². The number of thiazole rings is 1. The number of benzene rings is 2. The molecular weight excluding hydrogens is 378 g/mol. The molecule has 0 aliphatic heterocycles. The van der Waals surface area contributed by atoms with E-state index in [4.69, 9.17) is 14.0 Å². The fourth-order valence-corrected chi connectivity index (χ4v) is 3.27. The smallest absolute Gasteiger partial charge is 0.358 e. The lowest BCUT2D eigenvalue weighted by molar-refractivity contribution is 0.0424. The second-order valence-electron chi connectivity index (χ2n) is 5.72. The first-order valence-electron chi connectivity index (χ1n) is 8.38. The van der Waals surface area contributed by atoms with Gasteiger partial charge in [0.2, 0.25) is 5.82 Å². The van der Waals surface area contributed by atoms with Crippen LogP contribution in [0.2, 0.25) is 0 Å². The Kier molecular flexibility index (Phi) is 5.11. The van der Waals surface area contributed by atoms with E-state index < -0.39 is 5.97 Å². The van der Waals surface area contributed by atoms with Crippen LogP contribution < -0.4 is 4.74 Å². The molecule has 0 bridgehead atoms. The number of esters is 1. The van der Waals surface area contributed by atoms with Crippen molar-refractivity contribution in [2.45, 2.75) is 6.61 Å². The first kappa shape index (κ1) is 17.9. The maximum atomic E-state index is 12.2. The number of hydrogen-bond acceptors (Lipinski definition) is 8. The molecule has 8 heteroatoms. The number of rotatable bonds is 6. The van der Waals surface area contributed by atoms with Gasteiger partial charge >= 0.3 is 5.97 Å². The third-order valence-corrected chi connectivity index (χ3v) is 4.75. The number of ether oxygens (including phenoxy) is 2. The van der Waals surface area contributed by atoms with Crippen molar-refractivity contribution < 1.29 is 18.8 Å². The van der Waals surface area contributed by atoms with Crippen molar-refractivity contribution in [1.82, 2.24) is 15.1 Å². The van der Waals surface area contributed by atoms with E-state index in [1.54, 1.807) is 18.6 Å². The highest BCUT2D eigenvalue weighted by Gasteiger charge is 2.16. The summed E-state index contributed by atoms with van der Waals surface area (Å²) >= 11 is 1.38. The molecule has 0 radical (unpaired) electrons. The molecule has 0 spiro atoms. The summed E-state index contributed by atoms with van der Waals surface area (Å²) in [7, 11) is 1.59. The molecule has 4 aromatic rings. The van der Waals surface area contributed by atoms with E-state index in [0.29, 0.717) is 11.6 Å². The number of nitrogens with zero attached hydrogens (tertiary/aromatic N) is 3. The predicted molar refractivity (Wildman–Crippen MR) is 103 cm³/mol. The number of carbonyl (C=O) groups excluding carboxylic acids is 1. The summed E-state index contributed by atoms with van der Waals surface area (Å²) in [6.07, 6.45) is 0. The van der Waals surface area contributed by atoms with Crippen molar-refractivity contribution in [3.8, 4) is 27.7 Å². The molecule has 0 atom stereocenters. The molecule has 0 N–H and O–H groups in total. The van der Waals surface area contributed by atoms with Gasteiger partial charge in [0, 0.05) is 16.5 Å². The van der Waals surface area contributed by atoms with Crippen LogP contribution in [0, 0.1) is 0 Å². The molecule has 0 unspecified atom stereocenters. The lowest BCUT2D eigenvalue weighted by atomic mass is 10.2. The van der Waals surface area contributed by atoms with Crippen LogP contribution in [0.4, 0.5) is 0 Å². The molecule has 140 valence electrons. The lowest BCUT2D eigenvalue weighted by Crippen LogP contribution is -2.05. The summed E-state index contributed by atoms with van der Waals surface area (Å²) in [5, 5.41) is 6.33. The zero-order valence-electron chi connectivity index (χ0n) is 14.9. The molecule has 0 aliphatic carbocycles. The molecule has 0 saturated heterocycles. The van der Waals surface area contributed by atoms with E-state index in [2.05, 4.69) is 15.1 Å². The zero-order chi connectivity index (χ0) is 19.3. The van der Waals surface area contributed by atoms with Gasteiger partial charge in [-0.05, 0) is 12.1 Å². The van der Waals surface area contributed by atoms with Gasteiger partial charge in [0.25, 0.3) is 5.89 Å². The first-order valence-corrected chi connectivity index (χ1v) is 9.26. The topological polar surface area (TPSA) is 87.3 Å². The first-order chi connectivity index (χ1) is 13.7. The van der Waals surface area contributed by atoms with Gasteiger partial charge in [-0.2, -0.15) is 4.98 Å². The maximum Gasteiger partial charge on any atom is 0.358 e. The Hall–Kier alpha value is -3.52. The quantitative estimate of drug-likeness (QED) is 0.453. The van der Waals surface area contributed by atoms with Crippen molar-refractivity contribution in [2.24, 2.45) is 0 Å². The summed E-state index contributed by atoms with van der Waals surface area (Å²) in [6.45, 7) is -0.131. The van der Waals surface area contributed by atoms with Crippen molar-refractivity contribution in [3.05, 3.63) is 71.6 Å².